The van der Waals surface area contributed by atoms with Crippen molar-refractivity contribution in [3.05, 3.63) is 44.7 Å². The minimum atomic E-state index is -0.918. The molecule has 1 amide bonds. The molecule has 0 unspecified atom stereocenters. The molecule has 2 saturated heterocycles. The van der Waals surface area contributed by atoms with Crippen LogP contribution in [0.1, 0.15) is 30.9 Å². The van der Waals surface area contributed by atoms with Crippen molar-refractivity contribution in [1.82, 2.24) is 19.2 Å². The van der Waals surface area contributed by atoms with E-state index in [0.717, 1.165) is 50.4 Å². The maximum Gasteiger partial charge on any atom is 0.303 e. The highest BCUT2D eigenvalue weighted by Crippen LogP contribution is 2.33. The Hall–Kier alpha value is -3.29. The molecule has 2 aliphatic heterocycles. The van der Waals surface area contributed by atoms with Crippen LogP contribution in [0, 0.1) is 6.92 Å². The fourth-order valence-corrected chi connectivity index (χ4v) is 5.14. The van der Waals surface area contributed by atoms with Gasteiger partial charge in [-0.2, -0.15) is 0 Å². The maximum atomic E-state index is 13.5. The Balaban J connectivity index is 0.000000886. The fraction of sp³-hybridized carbons (Fsp3) is 0.417. The summed E-state index contributed by atoms with van der Waals surface area (Å²) in [6.07, 6.45) is 3.60. The number of carboxylic acids is 2. The molecule has 2 fully saturated rings. The van der Waals surface area contributed by atoms with E-state index < -0.39 is 11.9 Å². The molecule has 2 aromatic rings. The quantitative estimate of drug-likeness (QED) is 0.405. The third-order valence-corrected chi connectivity index (χ3v) is 7.09. The predicted octanol–water partition coefficient (Wildman–Crippen LogP) is 1.91. The third-order valence-electron chi connectivity index (χ3n) is 5.71. The van der Waals surface area contributed by atoms with E-state index in [-0.39, 0.29) is 24.4 Å². The van der Waals surface area contributed by atoms with Crippen molar-refractivity contribution >= 4 is 63.7 Å². The number of anilines is 1. The van der Waals surface area contributed by atoms with Crippen LogP contribution >= 0.6 is 24.0 Å². The van der Waals surface area contributed by atoms with Crippen LogP contribution in [-0.2, 0) is 14.4 Å². The minimum Gasteiger partial charge on any atom is -0.481 e. The van der Waals surface area contributed by atoms with Gasteiger partial charge in [0.25, 0.3) is 17.4 Å². The van der Waals surface area contributed by atoms with Gasteiger partial charge < -0.3 is 20.0 Å². The minimum absolute atomic E-state index is 0.0427. The van der Waals surface area contributed by atoms with Crippen LogP contribution in [0.3, 0.4) is 0 Å². The van der Waals surface area contributed by atoms with Gasteiger partial charge in [-0.25, -0.2) is 4.98 Å². The summed E-state index contributed by atoms with van der Waals surface area (Å²) in [6, 6.07) is 3.74. The summed E-state index contributed by atoms with van der Waals surface area (Å²) in [7, 11) is 2.05. The molecule has 37 heavy (non-hydrogen) atoms. The van der Waals surface area contributed by atoms with Gasteiger partial charge in [0.2, 0.25) is 0 Å². The summed E-state index contributed by atoms with van der Waals surface area (Å²) in [5.74, 6) is -1.50. The van der Waals surface area contributed by atoms with E-state index in [1.165, 1.54) is 9.30 Å². The second-order valence-electron chi connectivity index (χ2n) is 8.73. The van der Waals surface area contributed by atoms with Gasteiger partial charge in [0.1, 0.15) is 15.8 Å². The van der Waals surface area contributed by atoms with E-state index in [2.05, 4.69) is 16.8 Å². The molecule has 0 bridgehead atoms. The molecule has 0 saturated carbocycles. The molecule has 0 aliphatic carbocycles. The molecule has 0 spiro atoms. The van der Waals surface area contributed by atoms with Crippen LogP contribution in [-0.4, -0.2) is 91.3 Å². The summed E-state index contributed by atoms with van der Waals surface area (Å²) in [5, 5.41) is 16.3. The summed E-state index contributed by atoms with van der Waals surface area (Å²) >= 11 is 6.48. The second-order valence-corrected chi connectivity index (χ2v) is 10.4. The molecule has 2 aliphatic rings. The van der Waals surface area contributed by atoms with Crippen molar-refractivity contribution < 1.29 is 24.6 Å². The van der Waals surface area contributed by atoms with Crippen molar-refractivity contribution in [2.75, 3.05) is 44.7 Å². The van der Waals surface area contributed by atoms with Gasteiger partial charge in [0, 0.05) is 52.3 Å². The number of aliphatic carboxylic acids is 2. The molecule has 2 aromatic heterocycles. The van der Waals surface area contributed by atoms with E-state index in [1.54, 1.807) is 12.3 Å². The second kappa shape index (κ2) is 12.3. The number of fused-ring (bicyclic) bond motifs is 1. The fourth-order valence-electron chi connectivity index (χ4n) is 3.84. The normalized spacial score (nSPS) is 17.3. The lowest BCUT2D eigenvalue weighted by molar-refractivity contribution is -0.137. The van der Waals surface area contributed by atoms with Crippen LogP contribution in [0.25, 0.3) is 11.7 Å². The number of thiocarbonyl (C=S) groups is 1. The number of piperazine rings is 1. The Morgan fingerprint density at radius 3 is 2.43 bits per heavy atom. The molecular weight excluding hydrogens is 518 g/mol. The summed E-state index contributed by atoms with van der Waals surface area (Å²) in [6.45, 7) is 6.36. The van der Waals surface area contributed by atoms with Gasteiger partial charge in [-0.3, -0.25) is 28.5 Å². The number of aromatic nitrogens is 2. The number of carbonyl (C=O) groups is 3. The lowest BCUT2D eigenvalue weighted by Gasteiger charge is -2.34. The molecule has 13 heteroatoms. The number of thioether (sulfide) groups is 1. The molecule has 4 heterocycles. The molecule has 11 nitrogen and oxygen atoms in total. The Morgan fingerprint density at radius 2 is 1.81 bits per heavy atom. The summed E-state index contributed by atoms with van der Waals surface area (Å²) in [5.41, 5.74) is 1.59. The number of hydrogen-bond donors (Lipinski definition) is 2. The zero-order valence-corrected chi connectivity index (χ0v) is 22.5. The Labute approximate surface area is 223 Å². The van der Waals surface area contributed by atoms with Crippen LogP contribution in [0.2, 0.25) is 0 Å². The van der Waals surface area contributed by atoms with Gasteiger partial charge in [-0.1, -0.05) is 30.0 Å². The van der Waals surface area contributed by atoms with E-state index in [1.807, 2.05) is 19.1 Å². The number of nitrogens with zero attached hydrogens (tertiary/aromatic N) is 5. The Bertz CT molecular complexity index is 1310. The van der Waals surface area contributed by atoms with E-state index in [4.69, 9.17) is 32.2 Å². The summed E-state index contributed by atoms with van der Waals surface area (Å²) in [4.78, 5) is 57.2. The van der Waals surface area contributed by atoms with Crippen molar-refractivity contribution in [2.45, 2.75) is 26.7 Å². The Kier molecular flexibility index (Phi) is 9.40. The van der Waals surface area contributed by atoms with Crippen LogP contribution in [0.5, 0.6) is 0 Å². The molecule has 2 N–H and O–H groups in total. The SMILES string of the molecule is CC(=O)O.Cc1ccc2nc(N3CCN(C)CC3)c(C=C3SC(=S)N(CCCC(=O)O)C3=O)c(=O)n2c1. The van der Waals surface area contributed by atoms with Crippen molar-refractivity contribution in [3.8, 4) is 0 Å². The standard InChI is InChI=1S/C22H25N5O4S2.C2H4O2/c1-14-5-6-17-23-19(25-10-8-24(2)9-11-25)15(20(30)27(17)13-14)12-16-21(31)26(22(32)33-16)7-3-4-18(28)29;1-2(3)4/h5-6,12-13H,3-4,7-11H2,1-2H3,(H,28,29);1H3,(H,3,4). The zero-order valence-electron chi connectivity index (χ0n) is 20.8. The number of amides is 1. The first-order valence-corrected chi connectivity index (χ1v) is 12.8. The molecule has 0 radical (unpaired) electrons. The first-order valence-electron chi connectivity index (χ1n) is 11.6. The number of carboxylic acid groups (broad SMARTS) is 2. The number of likely N-dealkylation sites (N-methyl/N-ethyl adjacent to an activating group) is 1. The topological polar surface area (TPSA) is 136 Å². The number of rotatable bonds is 6. The van der Waals surface area contributed by atoms with Crippen LogP contribution < -0.4 is 10.5 Å². The average molecular weight is 548 g/mol. The lowest BCUT2D eigenvalue weighted by Crippen LogP contribution is -2.45. The van der Waals surface area contributed by atoms with E-state index in [9.17, 15) is 14.4 Å². The number of carbonyl (C=O) groups excluding carboxylic acids is 1. The van der Waals surface area contributed by atoms with E-state index in [0.29, 0.717) is 32.7 Å². The van der Waals surface area contributed by atoms with Crippen LogP contribution in [0.15, 0.2) is 28.0 Å². The summed E-state index contributed by atoms with van der Waals surface area (Å²) < 4.78 is 1.87. The van der Waals surface area contributed by atoms with E-state index >= 15 is 0 Å². The van der Waals surface area contributed by atoms with Crippen molar-refractivity contribution in [1.29, 1.82) is 0 Å². The van der Waals surface area contributed by atoms with Gasteiger partial charge in [-0.05, 0) is 38.1 Å². The Morgan fingerprint density at radius 1 is 1.16 bits per heavy atom. The van der Waals surface area contributed by atoms with Gasteiger partial charge in [0.15, 0.2) is 0 Å². The molecule has 0 aromatic carbocycles. The van der Waals surface area contributed by atoms with Gasteiger partial charge in [0.05, 0.1) is 10.5 Å². The lowest BCUT2D eigenvalue weighted by atomic mass is 10.2. The van der Waals surface area contributed by atoms with Gasteiger partial charge in [-0.15, -0.1) is 0 Å². The highest BCUT2D eigenvalue weighted by atomic mass is 32.2. The van der Waals surface area contributed by atoms with Crippen LogP contribution in [0.4, 0.5) is 5.82 Å². The predicted molar refractivity (Wildman–Crippen MR) is 146 cm³/mol. The average Bonchev–Trinajstić information content (AvgIpc) is 3.08. The smallest absolute Gasteiger partial charge is 0.303 e. The molecule has 0 atom stereocenters. The first-order chi connectivity index (χ1) is 17.5. The monoisotopic (exact) mass is 547 g/mol. The van der Waals surface area contributed by atoms with Gasteiger partial charge >= 0.3 is 5.97 Å². The molecular formula is C24H29N5O6S2. The highest BCUT2D eigenvalue weighted by molar-refractivity contribution is 8.26. The zero-order chi connectivity index (χ0) is 27.3. The highest BCUT2D eigenvalue weighted by Gasteiger charge is 2.33. The molecule has 198 valence electrons. The number of pyridine rings is 1. The number of aryl methyl sites for hydroxylation is 1. The third kappa shape index (κ3) is 7.14. The van der Waals surface area contributed by atoms with Crippen molar-refractivity contribution in [2.24, 2.45) is 0 Å². The number of hydrogen-bond acceptors (Lipinski definition) is 9. The largest absolute Gasteiger partial charge is 0.481 e. The first kappa shape index (κ1) is 28.3. The molecule has 4 rings (SSSR count). The maximum absolute atomic E-state index is 13.5. The van der Waals surface area contributed by atoms with Crippen molar-refractivity contribution in [3.63, 3.8) is 0 Å².